The van der Waals surface area contributed by atoms with Crippen LogP contribution in [0.15, 0.2) is 54.6 Å². The van der Waals surface area contributed by atoms with E-state index in [4.69, 9.17) is 0 Å². The van der Waals surface area contributed by atoms with Gasteiger partial charge in [-0.3, -0.25) is 0 Å². The maximum atomic E-state index is 14.7. The summed E-state index contributed by atoms with van der Waals surface area (Å²) < 4.78 is 57.5. The van der Waals surface area contributed by atoms with Gasteiger partial charge in [-0.1, -0.05) is 62.9 Å². The molecule has 0 nitrogen and oxygen atoms in total. The Kier molecular flexibility index (Phi) is 8.64. The summed E-state index contributed by atoms with van der Waals surface area (Å²) in [5.74, 6) is -1.77. The lowest BCUT2D eigenvalue weighted by Crippen LogP contribution is -2.13. The fourth-order valence-electron chi connectivity index (χ4n) is 5.45. The molecule has 1 aliphatic rings. The van der Waals surface area contributed by atoms with Gasteiger partial charge < -0.3 is 0 Å². The monoisotopic (exact) mass is 482 g/mol. The second-order valence-corrected chi connectivity index (χ2v) is 9.97. The van der Waals surface area contributed by atoms with Gasteiger partial charge in [0, 0.05) is 5.56 Å². The SMILES string of the molecule is CCCCC[C@H]1CC[C@H](c2ccc(CCc3c(F)cc(-c4c(F)cccc4F)cc3F)cc2)CC1. The molecule has 0 N–H and O–H groups in total. The molecule has 35 heavy (non-hydrogen) atoms. The van der Waals surface area contributed by atoms with Crippen molar-refractivity contribution in [1.29, 1.82) is 0 Å². The van der Waals surface area contributed by atoms with E-state index < -0.39 is 28.8 Å². The van der Waals surface area contributed by atoms with Crippen LogP contribution in [-0.4, -0.2) is 0 Å². The molecule has 0 aliphatic heterocycles. The maximum Gasteiger partial charge on any atom is 0.133 e. The smallest absolute Gasteiger partial charge is 0.133 e. The van der Waals surface area contributed by atoms with Crippen molar-refractivity contribution in [2.75, 3.05) is 0 Å². The molecule has 4 rings (SSSR count). The van der Waals surface area contributed by atoms with E-state index in [0.29, 0.717) is 12.3 Å². The van der Waals surface area contributed by atoms with Crippen LogP contribution in [0.5, 0.6) is 0 Å². The van der Waals surface area contributed by atoms with Gasteiger partial charge in [0.2, 0.25) is 0 Å². The number of unbranched alkanes of at least 4 members (excludes halogenated alkanes) is 2. The Morgan fingerprint density at radius 1 is 0.714 bits per heavy atom. The standard InChI is InChI=1S/C31H34F4/c1-2-3-4-6-21-9-14-23(15-10-21)24-16-11-22(12-17-24)13-18-26-29(34)19-25(20-30(26)35)31-27(32)7-5-8-28(31)33/h5,7-8,11-12,16-17,19-21,23H,2-4,6,9-10,13-15,18H2,1H3/t21-,23-. The summed E-state index contributed by atoms with van der Waals surface area (Å²) in [6.07, 6.45) is 11.1. The van der Waals surface area contributed by atoms with E-state index in [0.717, 1.165) is 35.7 Å². The first-order valence-corrected chi connectivity index (χ1v) is 13.0. The largest absolute Gasteiger partial charge is 0.207 e. The van der Waals surface area contributed by atoms with Crippen LogP contribution in [0.25, 0.3) is 11.1 Å². The molecule has 0 bridgehead atoms. The van der Waals surface area contributed by atoms with Crippen LogP contribution >= 0.6 is 0 Å². The summed E-state index contributed by atoms with van der Waals surface area (Å²) in [6.45, 7) is 2.25. The Hall–Kier alpha value is -2.62. The molecule has 1 fully saturated rings. The molecular formula is C31H34F4. The number of rotatable bonds is 9. The molecule has 0 amide bonds. The minimum Gasteiger partial charge on any atom is -0.207 e. The number of benzene rings is 3. The molecule has 4 heteroatoms. The Balaban J connectivity index is 1.36. The van der Waals surface area contributed by atoms with Gasteiger partial charge >= 0.3 is 0 Å². The Morgan fingerprint density at radius 2 is 1.34 bits per heavy atom. The highest BCUT2D eigenvalue weighted by Crippen LogP contribution is 2.38. The molecule has 0 aromatic heterocycles. The molecule has 0 atom stereocenters. The van der Waals surface area contributed by atoms with Gasteiger partial charge in [-0.15, -0.1) is 0 Å². The van der Waals surface area contributed by atoms with E-state index in [1.165, 1.54) is 63.0 Å². The minimum absolute atomic E-state index is 0.0593. The number of halogens is 4. The quantitative estimate of drug-likeness (QED) is 0.210. The van der Waals surface area contributed by atoms with Gasteiger partial charge in [-0.2, -0.15) is 0 Å². The topological polar surface area (TPSA) is 0 Å². The molecule has 0 spiro atoms. The second kappa shape index (κ2) is 11.9. The third-order valence-electron chi connectivity index (χ3n) is 7.57. The van der Waals surface area contributed by atoms with Gasteiger partial charge in [-0.25, -0.2) is 17.6 Å². The van der Waals surface area contributed by atoms with Gasteiger partial charge in [0.05, 0.1) is 5.56 Å². The molecular weight excluding hydrogens is 448 g/mol. The van der Waals surface area contributed by atoms with Gasteiger partial charge in [0.1, 0.15) is 23.3 Å². The summed E-state index contributed by atoms with van der Waals surface area (Å²) in [4.78, 5) is 0. The normalized spacial score (nSPS) is 18.1. The zero-order valence-corrected chi connectivity index (χ0v) is 20.4. The van der Waals surface area contributed by atoms with Crippen LogP contribution < -0.4 is 0 Å². The van der Waals surface area contributed by atoms with Crippen molar-refractivity contribution in [3.05, 3.63) is 94.6 Å². The van der Waals surface area contributed by atoms with E-state index in [2.05, 4.69) is 31.2 Å². The van der Waals surface area contributed by atoms with Crippen LogP contribution in [0.2, 0.25) is 0 Å². The Labute approximate surface area is 206 Å². The van der Waals surface area contributed by atoms with Crippen molar-refractivity contribution in [2.45, 2.75) is 77.0 Å². The highest BCUT2D eigenvalue weighted by Gasteiger charge is 2.22. The van der Waals surface area contributed by atoms with E-state index in [-0.39, 0.29) is 17.5 Å². The first-order chi connectivity index (χ1) is 17.0. The summed E-state index contributed by atoms with van der Waals surface area (Å²) in [7, 11) is 0. The minimum atomic E-state index is -0.846. The van der Waals surface area contributed by atoms with Crippen molar-refractivity contribution in [1.82, 2.24) is 0 Å². The third-order valence-corrected chi connectivity index (χ3v) is 7.57. The zero-order chi connectivity index (χ0) is 24.8. The summed E-state index contributed by atoms with van der Waals surface area (Å²) >= 11 is 0. The van der Waals surface area contributed by atoms with E-state index in [1.54, 1.807) is 0 Å². The maximum absolute atomic E-state index is 14.7. The second-order valence-electron chi connectivity index (χ2n) is 9.97. The third kappa shape index (κ3) is 6.34. The molecule has 1 aliphatic carbocycles. The van der Waals surface area contributed by atoms with Crippen molar-refractivity contribution >= 4 is 0 Å². The fraction of sp³-hybridized carbons (Fsp3) is 0.419. The van der Waals surface area contributed by atoms with Crippen LogP contribution in [0.1, 0.15) is 80.9 Å². The van der Waals surface area contributed by atoms with Crippen LogP contribution in [0.4, 0.5) is 17.6 Å². The lowest BCUT2D eigenvalue weighted by Gasteiger charge is -2.29. The number of hydrogen-bond donors (Lipinski definition) is 0. The van der Waals surface area contributed by atoms with Crippen LogP contribution in [-0.2, 0) is 12.8 Å². The lowest BCUT2D eigenvalue weighted by molar-refractivity contribution is 0.303. The molecule has 0 heterocycles. The molecule has 1 saturated carbocycles. The van der Waals surface area contributed by atoms with Crippen LogP contribution in [0, 0.1) is 29.2 Å². The van der Waals surface area contributed by atoms with Gasteiger partial charge in [-0.05, 0) is 91.3 Å². The number of aryl methyl sites for hydroxylation is 1. The van der Waals surface area contributed by atoms with Crippen molar-refractivity contribution < 1.29 is 17.6 Å². The molecule has 3 aromatic carbocycles. The first-order valence-electron chi connectivity index (χ1n) is 13.0. The molecule has 186 valence electrons. The Bertz CT molecular complexity index is 1070. The van der Waals surface area contributed by atoms with Crippen molar-refractivity contribution in [3.8, 4) is 11.1 Å². The fourth-order valence-corrected chi connectivity index (χ4v) is 5.45. The van der Waals surface area contributed by atoms with Crippen LogP contribution in [0.3, 0.4) is 0 Å². The average Bonchev–Trinajstić information content (AvgIpc) is 2.84. The zero-order valence-electron chi connectivity index (χ0n) is 20.4. The highest BCUT2D eigenvalue weighted by molar-refractivity contribution is 5.65. The number of hydrogen-bond acceptors (Lipinski definition) is 0. The van der Waals surface area contributed by atoms with Crippen molar-refractivity contribution in [3.63, 3.8) is 0 Å². The molecule has 0 saturated heterocycles. The van der Waals surface area contributed by atoms with Gasteiger partial charge in [0.25, 0.3) is 0 Å². The van der Waals surface area contributed by atoms with E-state index in [9.17, 15) is 17.6 Å². The summed E-state index contributed by atoms with van der Waals surface area (Å²) in [5.41, 5.74) is 1.77. The summed E-state index contributed by atoms with van der Waals surface area (Å²) in [6, 6.07) is 13.8. The lowest BCUT2D eigenvalue weighted by atomic mass is 9.77. The molecule has 3 aromatic rings. The first kappa shape index (κ1) is 25.5. The predicted octanol–water partition coefficient (Wildman–Crippen LogP) is 9.55. The summed E-state index contributed by atoms with van der Waals surface area (Å²) in [5, 5.41) is 0. The average molecular weight is 483 g/mol. The van der Waals surface area contributed by atoms with Crippen molar-refractivity contribution in [2.24, 2.45) is 5.92 Å². The predicted molar refractivity (Wildman–Crippen MR) is 134 cm³/mol. The molecule has 0 radical (unpaired) electrons. The van der Waals surface area contributed by atoms with E-state index >= 15 is 0 Å². The Morgan fingerprint density at radius 3 is 1.94 bits per heavy atom. The highest BCUT2D eigenvalue weighted by atomic mass is 19.1. The van der Waals surface area contributed by atoms with E-state index in [1.807, 2.05) is 0 Å². The van der Waals surface area contributed by atoms with Gasteiger partial charge in [0.15, 0.2) is 0 Å². The molecule has 0 unspecified atom stereocenters.